The van der Waals surface area contributed by atoms with Crippen LogP contribution in [0.15, 0.2) is 18.2 Å². The quantitative estimate of drug-likeness (QED) is 0.909. The molecular formula is C16H19F2NO3. The average molecular weight is 311 g/mol. The summed E-state index contributed by atoms with van der Waals surface area (Å²) in [5.74, 6) is -2.09. The molecule has 0 spiro atoms. The zero-order valence-corrected chi connectivity index (χ0v) is 12.2. The number of carbonyl (C=O) groups is 2. The molecular weight excluding hydrogens is 292 g/mol. The highest BCUT2D eigenvalue weighted by Gasteiger charge is 2.24. The third kappa shape index (κ3) is 4.51. The second-order valence-corrected chi connectivity index (χ2v) is 5.69. The lowest BCUT2D eigenvalue weighted by Gasteiger charge is -2.32. The van der Waals surface area contributed by atoms with E-state index < -0.39 is 17.6 Å². The van der Waals surface area contributed by atoms with E-state index in [1.165, 1.54) is 0 Å². The summed E-state index contributed by atoms with van der Waals surface area (Å²) in [6.45, 7) is 1.07. The maximum atomic E-state index is 13.6. The average Bonchev–Trinajstić information content (AvgIpc) is 2.49. The summed E-state index contributed by atoms with van der Waals surface area (Å²) < 4.78 is 26.7. The molecule has 1 amide bonds. The van der Waals surface area contributed by atoms with Crippen molar-refractivity contribution in [1.82, 2.24) is 4.90 Å². The predicted octanol–water partition coefficient (Wildman–Crippen LogP) is 2.61. The van der Waals surface area contributed by atoms with Gasteiger partial charge in [-0.3, -0.25) is 9.59 Å². The fourth-order valence-corrected chi connectivity index (χ4v) is 2.81. The van der Waals surface area contributed by atoms with Crippen molar-refractivity contribution in [1.29, 1.82) is 0 Å². The molecule has 0 radical (unpaired) electrons. The molecule has 1 fully saturated rings. The van der Waals surface area contributed by atoms with Crippen LogP contribution in [-0.4, -0.2) is 35.0 Å². The topological polar surface area (TPSA) is 57.6 Å². The molecule has 1 N–H and O–H groups in total. The summed E-state index contributed by atoms with van der Waals surface area (Å²) in [6, 6.07) is 3.08. The van der Waals surface area contributed by atoms with Gasteiger partial charge < -0.3 is 10.0 Å². The predicted molar refractivity (Wildman–Crippen MR) is 76.2 cm³/mol. The van der Waals surface area contributed by atoms with E-state index in [-0.39, 0.29) is 30.2 Å². The van der Waals surface area contributed by atoms with Crippen LogP contribution in [0.25, 0.3) is 0 Å². The molecule has 0 bridgehead atoms. The van der Waals surface area contributed by atoms with Gasteiger partial charge in [0, 0.05) is 25.1 Å². The first-order valence-electron chi connectivity index (χ1n) is 7.39. The summed E-state index contributed by atoms with van der Waals surface area (Å²) in [6.07, 6.45) is 2.15. The monoisotopic (exact) mass is 311 g/mol. The first-order chi connectivity index (χ1) is 10.5. The number of hydrogen-bond donors (Lipinski definition) is 1. The van der Waals surface area contributed by atoms with Crippen LogP contribution in [0.2, 0.25) is 0 Å². The number of likely N-dealkylation sites (tertiary alicyclic amines) is 1. The molecule has 1 aliphatic heterocycles. The molecule has 1 saturated heterocycles. The molecule has 1 aliphatic rings. The molecule has 2 rings (SSSR count). The van der Waals surface area contributed by atoms with Gasteiger partial charge in [0.25, 0.3) is 0 Å². The smallest absolute Gasteiger partial charge is 0.303 e. The molecule has 0 aliphatic carbocycles. The number of aliphatic carboxylic acids is 1. The Hall–Kier alpha value is -1.98. The summed E-state index contributed by atoms with van der Waals surface area (Å²) in [4.78, 5) is 24.5. The van der Waals surface area contributed by atoms with Gasteiger partial charge in [0.15, 0.2) is 0 Å². The zero-order chi connectivity index (χ0) is 16.1. The number of carbonyl (C=O) groups excluding carboxylic acids is 1. The molecule has 1 heterocycles. The number of piperidine rings is 1. The number of carboxylic acids is 1. The van der Waals surface area contributed by atoms with Crippen molar-refractivity contribution in [2.45, 2.75) is 32.1 Å². The first-order valence-corrected chi connectivity index (χ1v) is 7.39. The van der Waals surface area contributed by atoms with E-state index in [0.717, 1.165) is 31.0 Å². The van der Waals surface area contributed by atoms with E-state index >= 15 is 0 Å². The minimum atomic E-state index is -0.842. The van der Waals surface area contributed by atoms with Crippen LogP contribution < -0.4 is 0 Å². The lowest BCUT2D eigenvalue weighted by Crippen LogP contribution is -2.41. The lowest BCUT2D eigenvalue weighted by atomic mass is 9.93. The van der Waals surface area contributed by atoms with Crippen LogP contribution in [0.5, 0.6) is 0 Å². The van der Waals surface area contributed by atoms with Crippen molar-refractivity contribution in [2.75, 3.05) is 13.1 Å². The summed E-state index contributed by atoms with van der Waals surface area (Å²) in [5.41, 5.74) is 0.0534. The van der Waals surface area contributed by atoms with Gasteiger partial charge in [-0.1, -0.05) is 0 Å². The standard InChI is InChI=1S/C16H19F2NO3/c17-13-4-5-14(18)12(8-13)9-15(20)19-7-1-2-11(10-19)3-6-16(21)22/h4-5,8,11H,1-3,6-7,9-10H2,(H,21,22). The maximum absolute atomic E-state index is 13.6. The molecule has 1 aromatic rings. The van der Waals surface area contributed by atoms with Crippen molar-refractivity contribution in [3.63, 3.8) is 0 Å². The molecule has 4 nitrogen and oxygen atoms in total. The van der Waals surface area contributed by atoms with E-state index in [4.69, 9.17) is 5.11 Å². The van der Waals surface area contributed by atoms with Crippen LogP contribution in [0.4, 0.5) is 8.78 Å². The Morgan fingerprint density at radius 3 is 2.82 bits per heavy atom. The van der Waals surface area contributed by atoms with Crippen molar-refractivity contribution in [3.05, 3.63) is 35.4 Å². The Balaban J connectivity index is 1.94. The molecule has 22 heavy (non-hydrogen) atoms. The van der Waals surface area contributed by atoms with Crippen LogP contribution in [-0.2, 0) is 16.0 Å². The van der Waals surface area contributed by atoms with Crippen molar-refractivity contribution < 1.29 is 23.5 Å². The SMILES string of the molecule is O=C(O)CCC1CCCN(C(=O)Cc2cc(F)ccc2F)C1. The maximum Gasteiger partial charge on any atom is 0.303 e. The molecule has 1 aromatic carbocycles. The number of hydrogen-bond acceptors (Lipinski definition) is 2. The molecule has 0 aromatic heterocycles. The summed E-state index contributed by atoms with van der Waals surface area (Å²) >= 11 is 0. The minimum absolute atomic E-state index is 0.0534. The van der Waals surface area contributed by atoms with Crippen molar-refractivity contribution >= 4 is 11.9 Å². The summed E-state index contributed by atoms with van der Waals surface area (Å²) in [5, 5.41) is 8.71. The Bertz CT molecular complexity index is 562. The number of carboxylic acid groups (broad SMARTS) is 1. The molecule has 6 heteroatoms. The molecule has 120 valence electrons. The largest absolute Gasteiger partial charge is 0.481 e. The Kier molecular flexibility index (Phi) is 5.46. The van der Waals surface area contributed by atoms with Gasteiger partial charge in [-0.2, -0.15) is 0 Å². The van der Waals surface area contributed by atoms with Gasteiger partial charge in [-0.05, 0) is 43.4 Å². The summed E-state index contributed by atoms with van der Waals surface area (Å²) in [7, 11) is 0. The van der Waals surface area contributed by atoms with Crippen LogP contribution in [0, 0.1) is 17.6 Å². The van der Waals surface area contributed by atoms with E-state index in [1.54, 1.807) is 4.90 Å². The third-order valence-electron chi connectivity index (χ3n) is 3.99. The fourth-order valence-electron chi connectivity index (χ4n) is 2.81. The van der Waals surface area contributed by atoms with Gasteiger partial charge in [0.05, 0.1) is 6.42 Å². The second kappa shape index (κ2) is 7.33. The van der Waals surface area contributed by atoms with Crippen molar-refractivity contribution in [2.24, 2.45) is 5.92 Å². The van der Waals surface area contributed by atoms with Gasteiger partial charge in [0.2, 0.25) is 5.91 Å². The Morgan fingerprint density at radius 2 is 2.09 bits per heavy atom. The van der Waals surface area contributed by atoms with Gasteiger partial charge >= 0.3 is 5.97 Å². The number of halogens is 2. The Morgan fingerprint density at radius 1 is 1.32 bits per heavy atom. The van der Waals surface area contributed by atoms with Crippen LogP contribution in [0.3, 0.4) is 0 Å². The zero-order valence-electron chi connectivity index (χ0n) is 12.2. The van der Waals surface area contributed by atoms with E-state index in [9.17, 15) is 18.4 Å². The van der Waals surface area contributed by atoms with Gasteiger partial charge in [-0.15, -0.1) is 0 Å². The highest BCUT2D eigenvalue weighted by Crippen LogP contribution is 2.22. The van der Waals surface area contributed by atoms with Crippen LogP contribution in [0.1, 0.15) is 31.2 Å². The lowest BCUT2D eigenvalue weighted by molar-refractivity contribution is -0.137. The van der Waals surface area contributed by atoms with Gasteiger partial charge in [-0.25, -0.2) is 8.78 Å². The minimum Gasteiger partial charge on any atom is -0.481 e. The van der Waals surface area contributed by atoms with Crippen molar-refractivity contribution in [3.8, 4) is 0 Å². The Labute approximate surface area is 127 Å². The highest BCUT2D eigenvalue weighted by molar-refractivity contribution is 5.79. The number of nitrogens with zero attached hydrogens (tertiary/aromatic N) is 1. The number of benzene rings is 1. The molecule has 1 unspecified atom stereocenters. The van der Waals surface area contributed by atoms with E-state index in [1.807, 2.05) is 0 Å². The first kappa shape index (κ1) is 16.4. The van der Waals surface area contributed by atoms with Gasteiger partial charge in [0.1, 0.15) is 11.6 Å². The number of amides is 1. The fraction of sp³-hybridized carbons (Fsp3) is 0.500. The molecule has 1 atom stereocenters. The third-order valence-corrected chi connectivity index (χ3v) is 3.99. The van der Waals surface area contributed by atoms with E-state index in [0.29, 0.717) is 19.5 Å². The van der Waals surface area contributed by atoms with E-state index in [2.05, 4.69) is 0 Å². The second-order valence-electron chi connectivity index (χ2n) is 5.69. The highest BCUT2D eigenvalue weighted by atomic mass is 19.1. The normalized spacial score (nSPS) is 18.3. The number of rotatable bonds is 5. The molecule has 0 saturated carbocycles. The van der Waals surface area contributed by atoms with Crippen LogP contribution >= 0.6 is 0 Å².